The Morgan fingerprint density at radius 3 is 1.65 bits per heavy atom. The van der Waals surface area contributed by atoms with Crippen LogP contribution in [-0.4, -0.2) is 16.4 Å². The van der Waals surface area contributed by atoms with Crippen LogP contribution in [0.4, 0.5) is 0 Å². The van der Waals surface area contributed by atoms with Crippen LogP contribution in [0.1, 0.15) is 96.8 Å². The fraction of sp³-hybridized carbons (Fsp3) is 0.810. The molecule has 1 atom stereocenters. The topological polar surface area (TPSA) is 3.24 Å². The summed E-state index contributed by atoms with van der Waals surface area (Å²) in [5.74, 6) is 0. The van der Waals surface area contributed by atoms with Gasteiger partial charge in [0.15, 0.2) is 0 Å². The summed E-state index contributed by atoms with van der Waals surface area (Å²) >= 11 is 3.68. The first-order valence-electron chi connectivity index (χ1n) is 10.1. The van der Waals surface area contributed by atoms with Gasteiger partial charge in [-0.2, -0.15) is 0 Å². The Labute approximate surface area is 153 Å². The standard InChI is InChI=1S/C21H38BrN/c1-2-3-4-5-6-7-8-9-10-11-12-13-14-16-19-23-20-17-15-18-21(23)22/h15,17-18,20-21H,2-14,16,19H2,1H3. The van der Waals surface area contributed by atoms with Crippen LogP contribution in [0.2, 0.25) is 0 Å². The summed E-state index contributed by atoms with van der Waals surface area (Å²) in [6, 6.07) is 0. The molecule has 0 bridgehead atoms. The highest BCUT2D eigenvalue weighted by Gasteiger charge is 2.09. The van der Waals surface area contributed by atoms with Gasteiger partial charge < -0.3 is 4.90 Å². The minimum Gasteiger partial charge on any atom is -0.362 e. The second-order valence-corrected chi connectivity index (χ2v) is 7.87. The molecule has 0 aromatic carbocycles. The van der Waals surface area contributed by atoms with E-state index in [9.17, 15) is 0 Å². The van der Waals surface area contributed by atoms with Gasteiger partial charge in [-0.05, 0) is 12.5 Å². The van der Waals surface area contributed by atoms with Crippen molar-refractivity contribution in [3.63, 3.8) is 0 Å². The average molecular weight is 384 g/mol. The first-order valence-corrected chi connectivity index (χ1v) is 11.0. The first-order chi connectivity index (χ1) is 11.3. The van der Waals surface area contributed by atoms with E-state index in [-0.39, 0.29) is 0 Å². The SMILES string of the molecule is CCCCCCCCCCCCCCCCN1C=CC=CC1Br. The maximum absolute atomic E-state index is 3.68. The molecule has 0 fully saturated rings. The normalized spacial score (nSPS) is 17.1. The van der Waals surface area contributed by atoms with E-state index in [4.69, 9.17) is 0 Å². The van der Waals surface area contributed by atoms with Crippen LogP contribution < -0.4 is 0 Å². The molecule has 1 aliphatic rings. The van der Waals surface area contributed by atoms with E-state index < -0.39 is 0 Å². The lowest BCUT2D eigenvalue weighted by atomic mass is 10.0. The summed E-state index contributed by atoms with van der Waals surface area (Å²) in [4.78, 5) is 2.77. The Bertz CT molecular complexity index is 311. The molecule has 1 aliphatic heterocycles. The molecule has 0 radical (unpaired) electrons. The number of rotatable bonds is 15. The number of unbranched alkanes of at least 4 members (excludes halogenated alkanes) is 13. The summed E-state index contributed by atoms with van der Waals surface area (Å²) in [6.07, 6.45) is 28.7. The molecule has 134 valence electrons. The molecule has 23 heavy (non-hydrogen) atoms. The van der Waals surface area contributed by atoms with E-state index in [0.29, 0.717) is 4.95 Å². The molecule has 0 aliphatic carbocycles. The van der Waals surface area contributed by atoms with Gasteiger partial charge in [0.25, 0.3) is 0 Å². The Kier molecular flexibility index (Phi) is 13.8. The Hall–Kier alpha value is -0.240. The van der Waals surface area contributed by atoms with Crippen LogP contribution in [0.25, 0.3) is 0 Å². The van der Waals surface area contributed by atoms with Crippen LogP contribution in [-0.2, 0) is 0 Å². The highest BCUT2D eigenvalue weighted by atomic mass is 79.9. The second-order valence-electron chi connectivity index (χ2n) is 6.93. The van der Waals surface area contributed by atoms with Crippen molar-refractivity contribution in [1.82, 2.24) is 4.90 Å². The van der Waals surface area contributed by atoms with Gasteiger partial charge in [0.05, 0.1) is 0 Å². The predicted molar refractivity (Wildman–Crippen MR) is 108 cm³/mol. The number of hydrogen-bond acceptors (Lipinski definition) is 1. The lowest BCUT2D eigenvalue weighted by molar-refractivity contribution is 0.375. The van der Waals surface area contributed by atoms with Gasteiger partial charge in [0.1, 0.15) is 4.95 Å². The number of alkyl halides is 1. The van der Waals surface area contributed by atoms with E-state index in [0.717, 1.165) is 0 Å². The van der Waals surface area contributed by atoms with Gasteiger partial charge in [-0.25, -0.2) is 0 Å². The smallest absolute Gasteiger partial charge is 0.103 e. The van der Waals surface area contributed by atoms with Crippen LogP contribution >= 0.6 is 15.9 Å². The average Bonchev–Trinajstić information content (AvgIpc) is 2.57. The largest absolute Gasteiger partial charge is 0.362 e. The first kappa shape index (κ1) is 20.8. The van der Waals surface area contributed by atoms with Crippen molar-refractivity contribution in [3.05, 3.63) is 24.4 Å². The summed E-state index contributed by atoms with van der Waals surface area (Å²) < 4.78 is 0. The van der Waals surface area contributed by atoms with E-state index >= 15 is 0 Å². The predicted octanol–water partition coefficient (Wildman–Crippen LogP) is 7.57. The second kappa shape index (κ2) is 15.3. The minimum absolute atomic E-state index is 0.398. The van der Waals surface area contributed by atoms with E-state index in [1.165, 1.54) is 96.4 Å². The van der Waals surface area contributed by atoms with Gasteiger partial charge in [0.2, 0.25) is 0 Å². The molecular weight excluding hydrogens is 346 g/mol. The van der Waals surface area contributed by atoms with Crippen molar-refractivity contribution < 1.29 is 0 Å². The summed E-state index contributed by atoms with van der Waals surface area (Å²) in [6.45, 7) is 3.47. The van der Waals surface area contributed by atoms with Crippen molar-refractivity contribution in [2.75, 3.05) is 6.54 Å². The molecule has 1 unspecified atom stereocenters. The van der Waals surface area contributed by atoms with Crippen LogP contribution in [0.3, 0.4) is 0 Å². The molecule has 1 rings (SSSR count). The number of allylic oxidation sites excluding steroid dienone is 2. The number of nitrogens with zero attached hydrogens (tertiary/aromatic N) is 1. The van der Waals surface area contributed by atoms with Gasteiger partial charge in [-0.1, -0.05) is 118 Å². The molecule has 0 spiro atoms. The third-order valence-electron chi connectivity index (χ3n) is 4.75. The third kappa shape index (κ3) is 11.9. The van der Waals surface area contributed by atoms with Gasteiger partial charge in [0, 0.05) is 12.7 Å². The molecule has 0 saturated heterocycles. The van der Waals surface area contributed by atoms with Crippen LogP contribution in [0.5, 0.6) is 0 Å². The van der Waals surface area contributed by atoms with Crippen molar-refractivity contribution >= 4 is 15.9 Å². The fourth-order valence-corrected chi connectivity index (χ4v) is 3.71. The van der Waals surface area contributed by atoms with Crippen LogP contribution in [0, 0.1) is 0 Å². The lowest BCUT2D eigenvalue weighted by Gasteiger charge is -2.25. The molecule has 1 heterocycles. The molecule has 2 heteroatoms. The van der Waals surface area contributed by atoms with Crippen LogP contribution in [0.15, 0.2) is 24.4 Å². The minimum atomic E-state index is 0.398. The zero-order valence-electron chi connectivity index (χ0n) is 15.3. The highest BCUT2D eigenvalue weighted by Crippen LogP contribution is 2.16. The van der Waals surface area contributed by atoms with Crippen molar-refractivity contribution in [2.45, 2.75) is 102 Å². The summed E-state index contributed by atoms with van der Waals surface area (Å²) in [5.41, 5.74) is 0. The number of halogens is 1. The Morgan fingerprint density at radius 1 is 0.696 bits per heavy atom. The Balaban J connectivity index is 1.75. The molecule has 0 aromatic rings. The Morgan fingerprint density at radius 2 is 1.17 bits per heavy atom. The van der Waals surface area contributed by atoms with Gasteiger partial charge >= 0.3 is 0 Å². The zero-order chi connectivity index (χ0) is 16.6. The van der Waals surface area contributed by atoms with E-state index in [2.05, 4.69) is 52.2 Å². The van der Waals surface area contributed by atoms with E-state index in [1.54, 1.807) is 0 Å². The zero-order valence-corrected chi connectivity index (χ0v) is 16.9. The summed E-state index contributed by atoms with van der Waals surface area (Å²) in [7, 11) is 0. The van der Waals surface area contributed by atoms with Gasteiger partial charge in [-0.15, -0.1) is 0 Å². The molecule has 0 aromatic heterocycles. The van der Waals surface area contributed by atoms with E-state index in [1.807, 2.05) is 0 Å². The maximum Gasteiger partial charge on any atom is 0.103 e. The van der Waals surface area contributed by atoms with Gasteiger partial charge in [-0.3, -0.25) is 0 Å². The van der Waals surface area contributed by atoms with Crippen molar-refractivity contribution in [2.24, 2.45) is 0 Å². The molecule has 0 N–H and O–H groups in total. The van der Waals surface area contributed by atoms with Crippen molar-refractivity contribution in [1.29, 1.82) is 0 Å². The molecule has 0 amide bonds. The highest BCUT2D eigenvalue weighted by molar-refractivity contribution is 9.09. The molecule has 0 saturated carbocycles. The fourth-order valence-electron chi connectivity index (χ4n) is 3.20. The maximum atomic E-state index is 3.68. The monoisotopic (exact) mass is 383 g/mol. The number of hydrogen-bond donors (Lipinski definition) is 0. The molecular formula is C21H38BrN. The summed E-state index contributed by atoms with van der Waals surface area (Å²) in [5, 5.41) is 0. The quantitative estimate of drug-likeness (QED) is 0.160. The van der Waals surface area contributed by atoms with Crippen molar-refractivity contribution in [3.8, 4) is 0 Å². The molecule has 1 nitrogen and oxygen atoms in total. The lowest BCUT2D eigenvalue weighted by Crippen LogP contribution is -2.26. The third-order valence-corrected chi connectivity index (χ3v) is 5.58.